The topological polar surface area (TPSA) is 59.4 Å². The minimum Gasteiger partial charge on any atom is -0.368 e. The smallest absolute Gasteiger partial charge is 0.215 e. The molecule has 0 atom stereocenters. The number of rotatable bonds is 1. The van der Waals surface area contributed by atoms with E-state index in [4.69, 9.17) is 5.73 Å². The number of para-hydroxylation sites is 2. The summed E-state index contributed by atoms with van der Waals surface area (Å²) in [5, 5.41) is 1.87. The molecular weight excluding hydrogens is 202 g/mol. The maximum Gasteiger partial charge on any atom is 0.215 e. The van der Waals surface area contributed by atoms with Crippen LogP contribution in [0.25, 0.3) is 11.0 Å². The molecule has 0 aliphatic carbocycles. The van der Waals surface area contributed by atoms with Crippen LogP contribution in [0.2, 0.25) is 0 Å². The molecule has 0 saturated heterocycles. The summed E-state index contributed by atoms with van der Waals surface area (Å²) in [7, 11) is 0. The van der Waals surface area contributed by atoms with Crippen molar-refractivity contribution in [3.63, 3.8) is 0 Å². The van der Waals surface area contributed by atoms with Gasteiger partial charge in [-0.05, 0) is 18.2 Å². The number of nitrogens with zero attached hydrogens (tertiary/aromatic N) is 4. The van der Waals surface area contributed by atoms with Gasteiger partial charge in [0.1, 0.15) is 6.33 Å². The normalized spacial score (nSPS) is 15.5. The van der Waals surface area contributed by atoms with Gasteiger partial charge in [-0.2, -0.15) is 0 Å². The third-order valence-corrected chi connectivity index (χ3v) is 2.55. The van der Waals surface area contributed by atoms with E-state index >= 15 is 0 Å². The molecule has 0 bridgehead atoms. The molecule has 1 aromatic heterocycles. The summed E-state index contributed by atoms with van der Waals surface area (Å²) in [6.07, 6.45) is 5.42. The molecule has 2 heterocycles. The van der Waals surface area contributed by atoms with E-state index in [1.165, 1.54) is 0 Å². The molecular formula is C11H11N5. The van der Waals surface area contributed by atoms with E-state index in [1.54, 1.807) is 12.5 Å². The Morgan fingerprint density at radius 2 is 2.12 bits per heavy atom. The number of aliphatic imine (C=N–C) groups is 1. The number of aromatic nitrogens is 2. The molecule has 0 fully saturated rings. The fourth-order valence-corrected chi connectivity index (χ4v) is 1.77. The van der Waals surface area contributed by atoms with Crippen molar-refractivity contribution in [2.45, 2.75) is 0 Å². The summed E-state index contributed by atoms with van der Waals surface area (Å²) >= 11 is 0. The first kappa shape index (κ1) is 8.96. The third-order valence-electron chi connectivity index (χ3n) is 2.55. The predicted molar refractivity (Wildman–Crippen MR) is 63.6 cm³/mol. The van der Waals surface area contributed by atoms with Gasteiger partial charge < -0.3 is 5.73 Å². The summed E-state index contributed by atoms with van der Waals surface area (Å²) in [6, 6.07) is 7.92. The molecule has 0 amide bonds. The zero-order valence-electron chi connectivity index (χ0n) is 8.61. The first-order valence-electron chi connectivity index (χ1n) is 5.04. The van der Waals surface area contributed by atoms with Crippen LogP contribution in [0, 0.1) is 0 Å². The molecule has 5 nitrogen and oxygen atoms in total. The largest absolute Gasteiger partial charge is 0.368 e. The molecule has 0 saturated carbocycles. The minimum absolute atomic E-state index is 0.477. The van der Waals surface area contributed by atoms with Crippen LogP contribution in [0.4, 0.5) is 0 Å². The average molecular weight is 213 g/mol. The van der Waals surface area contributed by atoms with Crippen molar-refractivity contribution in [2.24, 2.45) is 10.7 Å². The van der Waals surface area contributed by atoms with Gasteiger partial charge in [0, 0.05) is 6.20 Å². The summed E-state index contributed by atoms with van der Waals surface area (Å²) in [6.45, 7) is 0.704. The predicted octanol–water partition coefficient (Wildman–Crippen LogP) is 0.816. The van der Waals surface area contributed by atoms with Crippen LogP contribution >= 0.6 is 0 Å². The van der Waals surface area contributed by atoms with Gasteiger partial charge in [-0.25, -0.2) is 19.7 Å². The van der Waals surface area contributed by atoms with Gasteiger partial charge in [-0.1, -0.05) is 12.1 Å². The van der Waals surface area contributed by atoms with Crippen molar-refractivity contribution in [3.8, 4) is 0 Å². The lowest BCUT2D eigenvalue weighted by molar-refractivity contribution is 0.766. The zero-order valence-corrected chi connectivity index (χ0v) is 8.61. The lowest BCUT2D eigenvalue weighted by Crippen LogP contribution is -2.46. The molecule has 1 aliphatic heterocycles. The Kier molecular flexibility index (Phi) is 1.89. The summed E-state index contributed by atoms with van der Waals surface area (Å²) < 4.78 is 1.91. The molecule has 80 valence electrons. The van der Waals surface area contributed by atoms with Crippen LogP contribution in [0.1, 0.15) is 0 Å². The SMILES string of the molecule is NC1=NC=CCN1n1cnc2ccccc21. The number of fused-ring (bicyclic) bond motifs is 1. The fraction of sp³-hybridized carbons (Fsp3) is 0.0909. The van der Waals surface area contributed by atoms with Gasteiger partial charge in [-0.3, -0.25) is 0 Å². The van der Waals surface area contributed by atoms with Crippen molar-refractivity contribution in [1.82, 2.24) is 9.66 Å². The molecule has 1 aliphatic rings. The Hall–Kier alpha value is -2.30. The van der Waals surface area contributed by atoms with Gasteiger partial charge in [0.15, 0.2) is 0 Å². The molecule has 2 N–H and O–H groups in total. The molecule has 16 heavy (non-hydrogen) atoms. The van der Waals surface area contributed by atoms with Gasteiger partial charge in [0.05, 0.1) is 17.6 Å². The highest BCUT2D eigenvalue weighted by molar-refractivity contribution is 5.91. The van der Waals surface area contributed by atoms with Crippen LogP contribution in [0.5, 0.6) is 0 Å². The van der Waals surface area contributed by atoms with Crippen molar-refractivity contribution >= 4 is 17.0 Å². The van der Waals surface area contributed by atoms with Crippen LogP contribution in [0.3, 0.4) is 0 Å². The van der Waals surface area contributed by atoms with E-state index in [2.05, 4.69) is 9.98 Å². The van der Waals surface area contributed by atoms with Crippen LogP contribution in [-0.4, -0.2) is 22.2 Å². The van der Waals surface area contributed by atoms with Crippen molar-refractivity contribution < 1.29 is 0 Å². The molecule has 3 rings (SSSR count). The first-order chi connectivity index (χ1) is 7.86. The highest BCUT2D eigenvalue weighted by Gasteiger charge is 2.13. The highest BCUT2D eigenvalue weighted by atomic mass is 15.6. The Bertz CT molecular complexity index is 581. The van der Waals surface area contributed by atoms with E-state index in [-0.39, 0.29) is 0 Å². The Morgan fingerprint density at radius 3 is 3.00 bits per heavy atom. The lowest BCUT2D eigenvalue weighted by Gasteiger charge is -2.24. The van der Waals surface area contributed by atoms with E-state index in [1.807, 2.05) is 40.0 Å². The number of benzene rings is 1. The number of nitrogens with two attached hydrogens (primary N) is 1. The Balaban J connectivity index is 2.13. The second-order valence-electron chi connectivity index (χ2n) is 3.53. The summed E-state index contributed by atoms with van der Waals surface area (Å²) in [4.78, 5) is 8.38. The molecule has 2 aromatic rings. The Morgan fingerprint density at radius 1 is 1.25 bits per heavy atom. The van der Waals surface area contributed by atoms with Crippen LogP contribution in [-0.2, 0) is 0 Å². The minimum atomic E-state index is 0.477. The van der Waals surface area contributed by atoms with Gasteiger partial charge >= 0.3 is 0 Å². The monoisotopic (exact) mass is 213 g/mol. The van der Waals surface area contributed by atoms with Crippen molar-refractivity contribution in [1.29, 1.82) is 0 Å². The number of imidazole rings is 1. The average Bonchev–Trinajstić information content (AvgIpc) is 2.74. The van der Waals surface area contributed by atoms with Crippen molar-refractivity contribution in [3.05, 3.63) is 42.9 Å². The van der Waals surface area contributed by atoms with Gasteiger partial charge in [0.25, 0.3) is 0 Å². The lowest BCUT2D eigenvalue weighted by atomic mass is 10.3. The number of guanidine groups is 1. The molecule has 5 heteroatoms. The van der Waals surface area contributed by atoms with E-state index in [9.17, 15) is 0 Å². The molecule has 0 spiro atoms. The first-order valence-corrected chi connectivity index (χ1v) is 5.04. The van der Waals surface area contributed by atoms with E-state index < -0.39 is 0 Å². The van der Waals surface area contributed by atoms with E-state index in [0.29, 0.717) is 12.5 Å². The molecule has 0 radical (unpaired) electrons. The fourth-order valence-electron chi connectivity index (χ4n) is 1.77. The Labute approximate surface area is 92.5 Å². The third kappa shape index (κ3) is 1.25. The zero-order chi connectivity index (χ0) is 11.0. The maximum atomic E-state index is 5.84. The quantitative estimate of drug-likeness (QED) is 0.762. The van der Waals surface area contributed by atoms with Gasteiger partial charge in [-0.15, -0.1) is 0 Å². The summed E-state index contributed by atoms with van der Waals surface area (Å²) in [5.41, 5.74) is 7.81. The maximum absolute atomic E-state index is 5.84. The number of hydrogen-bond donors (Lipinski definition) is 1. The van der Waals surface area contributed by atoms with Gasteiger partial charge in [0.2, 0.25) is 5.96 Å². The van der Waals surface area contributed by atoms with Crippen LogP contribution < -0.4 is 10.7 Å². The standard InChI is InChI=1S/C11H11N5/c12-11-13-6-3-7-15(11)16-8-14-9-4-1-2-5-10(9)16/h1-6,8H,7H2,(H2,12,13). The molecule has 0 unspecified atom stereocenters. The summed E-state index contributed by atoms with van der Waals surface area (Å²) in [5.74, 6) is 0.477. The van der Waals surface area contributed by atoms with Crippen molar-refractivity contribution in [2.75, 3.05) is 11.6 Å². The number of hydrogen-bond acceptors (Lipinski definition) is 4. The second kappa shape index (κ2) is 3.37. The van der Waals surface area contributed by atoms with Crippen LogP contribution in [0.15, 0.2) is 47.9 Å². The second-order valence-corrected chi connectivity index (χ2v) is 3.53. The van der Waals surface area contributed by atoms with E-state index in [0.717, 1.165) is 11.0 Å². The molecule has 1 aromatic carbocycles. The highest BCUT2D eigenvalue weighted by Crippen LogP contribution is 2.12.